The van der Waals surface area contributed by atoms with Crippen molar-refractivity contribution in [2.75, 3.05) is 6.54 Å². The molecule has 1 atom stereocenters. The van der Waals surface area contributed by atoms with Crippen molar-refractivity contribution in [2.24, 2.45) is 0 Å². The Balaban J connectivity index is 2.24. The van der Waals surface area contributed by atoms with Crippen molar-refractivity contribution in [3.8, 4) is 0 Å². The highest BCUT2D eigenvalue weighted by atomic mass is 79.9. The van der Waals surface area contributed by atoms with Crippen molar-refractivity contribution in [3.63, 3.8) is 0 Å². The number of carbonyl (C=O) groups excluding carboxylic acids is 1. The van der Waals surface area contributed by atoms with Gasteiger partial charge in [0.15, 0.2) is 0 Å². The number of likely N-dealkylation sites (tertiary alicyclic amines) is 1. The van der Waals surface area contributed by atoms with Gasteiger partial charge in [-0.05, 0) is 47.8 Å². The molecule has 1 heterocycles. The van der Waals surface area contributed by atoms with Crippen LogP contribution >= 0.6 is 15.9 Å². The van der Waals surface area contributed by atoms with E-state index in [1.54, 1.807) is 0 Å². The minimum Gasteiger partial charge on any atom is -0.336 e. The van der Waals surface area contributed by atoms with Gasteiger partial charge in [-0.1, -0.05) is 12.1 Å². The second-order valence-corrected chi connectivity index (χ2v) is 4.82. The number of hydrogen-bond donors (Lipinski definition) is 0. The first-order valence-corrected chi connectivity index (χ1v) is 6.05. The molecule has 0 aliphatic carbocycles. The fourth-order valence-corrected chi connectivity index (χ4v) is 2.48. The van der Waals surface area contributed by atoms with Crippen molar-refractivity contribution in [1.29, 1.82) is 0 Å². The lowest BCUT2D eigenvalue weighted by Gasteiger charge is -2.21. The van der Waals surface area contributed by atoms with E-state index in [-0.39, 0.29) is 5.91 Å². The molecule has 1 aromatic carbocycles. The zero-order valence-corrected chi connectivity index (χ0v) is 10.3. The summed E-state index contributed by atoms with van der Waals surface area (Å²) in [6, 6.07) is 7.99. The van der Waals surface area contributed by atoms with Crippen LogP contribution in [0.1, 0.15) is 30.1 Å². The molecular formula is C12H14BrNO. The molecule has 0 N–H and O–H groups in total. The Labute approximate surface area is 98.4 Å². The van der Waals surface area contributed by atoms with Crippen LogP contribution in [0.15, 0.2) is 28.7 Å². The van der Waals surface area contributed by atoms with Gasteiger partial charge in [-0.3, -0.25) is 4.79 Å². The van der Waals surface area contributed by atoms with Crippen LogP contribution in [0, 0.1) is 0 Å². The van der Waals surface area contributed by atoms with Crippen LogP contribution in [0.2, 0.25) is 0 Å². The fourth-order valence-electron chi connectivity index (χ4n) is 2.02. The summed E-state index contributed by atoms with van der Waals surface area (Å²) in [5, 5.41) is 0. The highest BCUT2D eigenvalue weighted by molar-refractivity contribution is 9.10. The van der Waals surface area contributed by atoms with E-state index in [0.29, 0.717) is 6.04 Å². The average molecular weight is 268 g/mol. The third-order valence-corrected chi connectivity index (χ3v) is 3.61. The van der Waals surface area contributed by atoms with E-state index in [1.807, 2.05) is 29.2 Å². The van der Waals surface area contributed by atoms with Crippen LogP contribution in [0.4, 0.5) is 0 Å². The Bertz CT molecular complexity index is 378. The molecule has 0 saturated carbocycles. The van der Waals surface area contributed by atoms with E-state index in [2.05, 4.69) is 22.9 Å². The number of amides is 1. The number of halogens is 1. The molecule has 1 fully saturated rings. The van der Waals surface area contributed by atoms with E-state index in [9.17, 15) is 4.79 Å². The van der Waals surface area contributed by atoms with Crippen LogP contribution in [0.3, 0.4) is 0 Å². The summed E-state index contributed by atoms with van der Waals surface area (Å²) >= 11 is 3.42. The maximum absolute atomic E-state index is 12.2. The zero-order valence-electron chi connectivity index (χ0n) is 8.74. The van der Waals surface area contributed by atoms with Crippen molar-refractivity contribution < 1.29 is 4.79 Å². The van der Waals surface area contributed by atoms with Gasteiger partial charge in [-0.15, -0.1) is 0 Å². The van der Waals surface area contributed by atoms with Gasteiger partial charge in [0.05, 0.1) is 5.56 Å². The van der Waals surface area contributed by atoms with Gasteiger partial charge < -0.3 is 4.90 Å². The highest BCUT2D eigenvalue weighted by Gasteiger charge is 2.26. The minimum absolute atomic E-state index is 0.146. The fraction of sp³-hybridized carbons (Fsp3) is 0.417. The van der Waals surface area contributed by atoms with Gasteiger partial charge in [-0.2, -0.15) is 0 Å². The number of carbonyl (C=O) groups is 1. The summed E-state index contributed by atoms with van der Waals surface area (Å²) in [6.07, 6.45) is 2.24. The normalized spacial score (nSPS) is 20.7. The largest absolute Gasteiger partial charge is 0.336 e. The molecule has 1 amide bonds. The molecule has 1 unspecified atom stereocenters. The first-order chi connectivity index (χ1) is 7.20. The molecule has 0 spiro atoms. The quantitative estimate of drug-likeness (QED) is 0.766. The summed E-state index contributed by atoms with van der Waals surface area (Å²) in [4.78, 5) is 14.1. The van der Waals surface area contributed by atoms with Crippen molar-refractivity contribution in [3.05, 3.63) is 34.3 Å². The highest BCUT2D eigenvalue weighted by Crippen LogP contribution is 2.23. The smallest absolute Gasteiger partial charge is 0.255 e. The summed E-state index contributed by atoms with van der Waals surface area (Å²) in [5.41, 5.74) is 0.770. The average Bonchev–Trinajstić information content (AvgIpc) is 2.64. The molecule has 15 heavy (non-hydrogen) atoms. The Morgan fingerprint density at radius 3 is 2.80 bits per heavy atom. The summed E-state index contributed by atoms with van der Waals surface area (Å²) in [7, 11) is 0. The lowest BCUT2D eigenvalue weighted by atomic mass is 10.2. The standard InChI is InChI=1S/C12H14BrNO/c1-9-5-4-8-14(9)12(15)10-6-2-3-7-11(10)13/h2-3,6-7,9H,4-5,8H2,1H3. The topological polar surface area (TPSA) is 20.3 Å². The Kier molecular flexibility index (Phi) is 3.10. The molecule has 2 nitrogen and oxygen atoms in total. The number of hydrogen-bond acceptors (Lipinski definition) is 1. The maximum Gasteiger partial charge on any atom is 0.255 e. The summed E-state index contributed by atoms with van der Waals surface area (Å²) in [6.45, 7) is 3.00. The Morgan fingerprint density at radius 2 is 2.20 bits per heavy atom. The van der Waals surface area contributed by atoms with E-state index >= 15 is 0 Å². The Hall–Kier alpha value is -0.830. The van der Waals surface area contributed by atoms with Crippen LogP contribution in [-0.2, 0) is 0 Å². The summed E-state index contributed by atoms with van der Waals surface area (Å²) < 4.78 is 0.883. The van der Waals surface area contributed by atoms with Crippen molar-refractivity contribution in [2.45, 2.75) is 25.8 Å². The first-order valence-electron chi connectivity index (χ1n) is 5.25. The molecule has 1 aliphatic heterocycles. The zero-order chi connectivity index (χ0) is 10.8. The van der Waals surface area contributed by atoms with E-state index < -0.39 is 0 Å². The van der Waals surface area contributed by atoms with Gasteiger partial charge in [0.1, 0.15) is 0 Å². The van der Waals surface area contributed by atoms with Crippen LogP contribution in [0.25, 0.3) is 0 Å². The van der Waals surface area contributed by atoms with E-state index in [1.165, 1.54) is 0 Å². The number of benzene rings is 1. The number of nitrogens with zero attached hydrogens (tertiary/aromatic N) is 1. The first kappa shape index (κ1) is 10.7. The lowest BCUT2D eigenvalue weighted by Crippen LogP contribution is -2.33. The maximum atomic E-state index is 12.2. The molecule has 0 aromatic heterocycles. The van der Waals surface area contributed by atoms with Gasteiger partial charge in [0.25, 0.3) is 5.91 Å². The minimum atomic E-state index is 0.146. The monoisotopic (exact) mass is 267 g/mol. The lowest BCUT2D eigenvalue weighted by molar-refractivity contribution is 0.0746. The predicted octanol–water partition coefficient (Wildman–Crippen LogP) is 3.07. The van der Waals surface area contributed by atoms with Crippen LogP contribution in [-0.4, -0.2) is 23.4 Å². The molecule has 80 valence electrons. The van der Waals surface area contributed by atoms with Gasteiger partial charge >= 0.3 is 0 Å². The van der Waals surface area contributed by atoms with E-state index in [0.717, 1.165) is 29.4 Å². The molecular weight excluding hydrogens is 254 g/mol. The molecule has 0 radical (unpaired) electrons. The molecule has 1 saturated heterocycles. The Morgan fingerprint density at radius 1 is 1.47 bits per heavy atom. The molecule has 1 aliphatic rings. The second kappa shape index (κ2) is 4.35. The predicted molar refractivity (Wildman–Crippen MR) is 63.9 cm³/mol. The van der Waals surface area contributed by atoms with E-state index in [4.69, 9.17) is 0 Å². The summed E-state index contributed by atoms with van der Waals surface area (Å²) in [5.74, 6) is 0.146. The van der Waals surface area contributed by atoms with Crippen LogP contribution in [0.5, 0.6) is 0 Å². The third kappa shape index (κ3) is 2.07. The van der Waals surface area contributed by atoms with Crippen molar-refractivity contribution >= 4 is 21.8 Å². The van der Waals surface area contributed by atoms with Crippen LogP contribution < -0.4 is 0 Å². The van der Waals surface area contributed by atoms with Gasteiger partial charge in [-0.25, -0.2) is 0 Å². The second-order valence-electron chi connectivity index (χ2n) is 3.97. The molecule has 3 heteroatoms. The van der Waals surface area contributed by atoms with Crippen molar-refractivity contribution in [1.82, 2.24) is 4.90 Å². The number of rotatable bonds is 1. The van der Waals surface area contributed by atoms with Gasteiger partial charge in [0.2, 0.25) is 0 Å². The molecule has 1 aromatic rings. The van der Waals surface area contributed by atoms with Gasteiger partial charge in [0, 0.05) is 17.1 Å². The molecule has 0 bridgehead atoms. The SMILES string of the molecule is CC1CCCN1C(=O)c1ccccc1Br. The third-order valence-electron chi connectivity index (χ3n) is 2.92. The molecule has 2 rings (SSSR count).